The van der Waals surface area contributed by atoms with Crippen LogP contribution >= 0.6 is 0 Å². The Morgan fingerprint density at radius 1 is 0.492 bits per heavy atom. The van der Waals surface area contributed by atoms with E-state index in [9.17, 15) is 30.0 Å². The number of unbranched alkanes of at least 4 members (excludes halogenated alkanes) is 31. The minimum atomic E-state index is -1.59. The summed E-state index contributed by atoms with van der Waals surface area (Å²) in [7, 11) is 0. The van der Waals surface area contributed by atoms with Gasteiger partial charge in [-0.3, -0.25) is 9.59 Å². The van der Waals surface area contributed by atoms with Gasteiger partial charge in [-0.2, -0.15) is 0 Å². The fourth-order valence-electron chi connectivity index (χ4n) is 8.07. The van der Waals surface area contributed by atoms with E-state index in [-0.39, 0.29) is 32.0 Å². The molecule has 360 valence electrons. The molecule has 0 spiro atoms. The normalized spacial score (nSPS) is 19.7. The Hall–Kier alpha value is -1.56. The molecule has 61 heavy (non-hydrogen) atoms. The standard InChI is InChI=1S/C51H96O10/c1-3-5-7-9-11-13-15-17-19-21-22-24-25-27-29-31-33-35-37-39-46(53)58-42-44(43-59-51-50(57)49(56)48(55)45(41-52)61-51)60-47(54)40-38-36-34-32-30-28-26-23-20-18-16-14-12-10-8-6-4-2/h18,20,44-45,48-52,55-57H,3-17,19,21-43H2,1-2H3/b20-18+/t44-,45-,48+,49?,50?,51-/m0/s1. The van der Waals surface area contributed by atoms with Gasteiger partial charge in [0.1, 0.15) is 31.0 Å². The molecule has 0 amide bonds. The van der Waals surface area contributed by atoms with E-state index in [1.165, 1.54) is 167 Å². The second-order valence-electron chi connectivity index (χ2n) is 18.0. The third kappa shape index (κ3) is 33.6. The highest BCUT2D eigenvalue weighted by atomic mass is 16.7. The van der Waals surface area contributed by atoms with Gasteiger partial charge in [0.25, 0.3) is 0 Å². The predicted octanol–water partition coefficient (Wildman–Crippen LogP) is 11.9. The number of allylic oxidation sites excluding steroid dienone is 2. The largest absolute Gasteiger partial charge is 0.462 e. The quantitative estimate of drug-likeness (QED) is 0.0264. The van der Waals surface area contributed by atoms with Crippen molar-refractivity contribution in [2.75, 3.05) is 19.8 Å². The molecule has 1 aliphatic rings. The van der Waals surface area contributed by atoms with E-state index in [1.807, 2.05) is 0 Å². The lowest BCUT2D eigenvalue weighted by Crippen LogP contribution is -2.59. The van der Waals surface area contributed by atoms with Crippen LogP contribution in [0, 0.1) is 0 Å². The molecule has 0 aromatic heterocycles. The number of esters is 2. The highest BCUT2D eigenvalue weighted by Crippen LogP contribution is 2.23. The summed E-state index contributed by atoms with van der Waals surface area (Å²) in [5.74, 6) is -0.796. The minimum Gasteiger partial charge on any atom is -0.462 e. The maximum absolute atomic E-state index is 12.8. The molecule has 0 aromatic carbocycles. The highest BCUT2D eigenvalue weighted by Gasteiger charge is 2.44. The zero-order valence-electron chi connectivity index (χ0n) is 39.4. The molecule has 2 unspecified atom stereocenters. The Labute approximate surface area is 373 Å². The predicted molar refractivity (Wildman–Crippen MR) is 247 cm³/mol. The number of hydrogen-bond acceptors (Lipinski definition) is 10. The Morgan fingerprint density at radius 2 is 0.869 bits per heavy atom. The van der Waals surface area contributed by atoms with Crippen molar-refractivity contribution in [2.45, 2.75) is 282 Å². The molecular formula is C51H96O10. The maximum Gasteiger partial charge on any atom is 0.306 e. The lowest BCUT2D eigenvalue weighted by molar-refractivity contribution is -0.305. The Bertz CT molecular complexity index is 1010. The van der Waals surface area contributed by atoms with Crippen molar-refractivity contribution < 1.29 is 49.0 Å². The zero-order chi connectivity index (χ0) is 44.4. The van der Waals surface area contributed by atoms with Crippen LogP contribution in [0.25, 0.3) is 0 Å². The first-order valence-electron chi connectivity index (χ1n) is 25.8. The van der Waals surface area contributed by atoms with E-state index in [0.29, 0.717) is 6.42 Å². The third-order valence-electron chi connectivity index (χ3n) is 12.2. The first kappa shape index (κ1) is 57.5. The van der Waals surface area contributed by atoms with Crippen LogP contribution in [0.3, 0.4) is 0 Å². The molecule has 1 rings (SSSR count). The second kappa shape index (κ2) is 42.4. The Kier molecular flexibility index (Phi) is 39.9. The van der Waals surface area contributed by atoms with Crippen molar-refractivity contribution >= 4 is 11.9 Å². The van der Waals surface area contributed by atoms with Gasteiger partial charge < -0.3 is 39.4 Å². The molecule has 0 aromatic rings. The summed E-state index contributed by atoms with van der Waals surface area (Å²) in [5.41, 5.74) is 0. The number of ether oxygens (including phenoxy) is 4. The van der Waals surface area contributed by atoms with Gasteiger partial charge in [-0.15, -0.1) is 0 Å². The van der Waals surface area contributed by atoms with E-state index < -0.39 is 49.4 Å². The monoisotopic (exact) mass is 869 g/mol. The molecule has 1 heterocycles. The van der Waals surface area contributed by atoms with Crippen molar-refractivity contribution in [3.8, 4) is 0 Å². The van der Waals surface area contributed by atoms with Crippen molar-refractivity contribution in [3.63, 3.8) is 0 Å². The molecule has 10 nitrogen and oxygen atoms in total. The van der Waals surface area contributed by atoms with E-state index in [1.54, 1.807) is 0 Å². The van der Waals surface area contributed by atoms with Crippen LogP contribution in [-0.2, 0) is 28.5 Å². The van der Waals surface area contributed by atoms with Gasteiger partial charge >= 0.3 is 11.9 Å². The van der Waals surface area contributed by atoms with E-state index >= 15 is 0 Å². The van der Waals surface area contributed by atoms with Crippen LogP contribution < -0.4 is 0 Å². The van der Waals surface area contributed by atoms with Gasteiger partial charge in [-0.05, 0) is 38.5 Å². The maximum atomic E-state index is 12.8. The number of aliphatic hydroxyl groups is 4. The summed E-state index contributed by atoms with van der Waals surface area (Å²) < 4.78 is 22.2. The molecule has 1 aliphatic heterocycles. The van der Waals surface area contributed by atoms with Crippen LogP contribution in [0.4, 0.5) is 0 Å². The van der Waals surface area contributed by atoms with Crippen molar-refractivity contribution in [1.29, 1.82) is 0 Å². The number of carbonyl (C=O) groups is 2. The number of aliphatic hydroxyl groups excluding tert-OH is 4. The number of hydrogen-bond donors (Lipinski definition) is 4. The van der Waals surface area contributed by atoms with E-state index in [4.69, 9.17) is 18.9 Å². The SMILES string of the molecule is CCCCCCCC/C=C/CCCCCCCCCC(=O)O[C@@H](COC(=O)CCCCCCCCCCCCCCCCCCCCC)CO[C@H]1O[C@@H](CO)[C@@H](O)C(O)C1O. The summed E-state index contributed by atoms with van der Waals surface area (Å²) in [4.78, 5) is 25.4. The topological polar surface area (TPSA) is 152 Å². The zero-order valence-corrected chi connectivity index (χ0v) is 39.4. The fraction of sp³-hybridized carbons (Fsp3) is 0.922. The molecule has 10 heteroatoms. The average molecular weight is 869 g/mol. The molecule has 6 atom stereocenters. The minimum absolute atomic E-state index is 0.213. The van der Waals surface area contributed by atoms with E-state index in [0.717, 1.165) is 44.9 Å². The number of rotatable bonds is 44. The van der Waals surface area contributed by atoms with Crippen molar-refractivity contribution in [3.05, 3.63) is 12.2 Å². The van der Waals surface area contributed by atoms with Crippen molar-refractivity contribution in [2.24, 2.45) is 0 Å². The summed E-state index contributed by atoms with van der Waals surface area (Å²) in [6, 6.07) is 0. The van der Waals surface area contributed by atoms with Gasteiger partial charge in [-0.25, -0.2) is 0 Å². The lowest BCUT2D eigenvalue weighted by atomic mass is 9.99. The highest BCUT2D eigenvalue weighted by molar-refractivity contribution is 5.70. The fourth-order valence-corrected chi connectivity index (χ4v) is 8.07. The van der Waals surface area contributed by atoms with Gasteiger partial charge in [-0.1, -0.05) is 206 Å². The second-order valence-corrected chi connectivity index (χ2v) is 18.0. The molecule has 0 aliphatic carbocycles. The third-order valence-corrected chi connectivity index (χ3v) is 12.2. The molecule has 1 fully saturated rings. The first-order valence-corrected chi connectivity index (χ1v) is 25.8. The van der Waals surface area contributed by atoms with Crippen LogP contribution in [0.15, 0.2) is 12.2 Å². The van der Waals surface area contributed by atoms with Gasteiger partial charge in [0.05, 0.1) is 13.2 Å². The van der Waals surface area contributed by atoms with Crippen LogP contribution in [0.1, 0.15) is 245 Å². The van der Waals surface area contributed by atoms with E-state index in [2.05, 4.69) is 26.0 Å². The van der Waals surface area contributed by atoms with Gasteiger partial charge in [0.15, 0.2) is 12.4 Å². The molecule has 1 saturated heterocycles. The number of carbonyl (C=O) groups excluding carboxylic acids is 2. The van der Waals surface area contributed by atoms with Crippen LogP contribution in [-0.4, -0.2) is 89.0 Å². The summed E-state index contributed by atoms with van der Waals surface area (Å²) in [6.07, 6.45) is 39.3. The average Bonchev–Trinajstić information content (AvgIpc) is 3.26. The molecule has 0 bridgehead atoms. The summed E-state index contributed by atoms with van der Waals surface area (Å²) in [5, 5.41) is 40.2. The summed E-state index contributed by atoms with van der Waals surface area (Å²) in [6.45, 7) is 3.46. The molecule has 0 saturated carbocycles. The molecular weight excluding hydrogens is 773 g/mol. The van der Waals surface area contributed by atoms with Gasteiger partial charge in [0, 0.05) is 12.8 Å². The Balaban J connectivity index is 2.25. The molecule has 4 N–H and O–H groups in total. The van der Waals surface area contributed by atoms with Gasteiger partial charge in [0.2, 0.25) is 0 Å². The molecule has 0 radical (unpaired) electrons. The van der Waals surface area contributed by atoms with Crippen LogP contribution in [0.2, 0.25) is 0 Å². The van der Waals surface area contributed by atoms with Crippen LogP contribution in [0.5, 0.6) is 0 Å². The smallest absolute Gasteiger partial charge is 0.306 e. The first-order chi connectivity index (χ1) is 29.8. The summed E-state index contributed by atoms with van der Waals surface area (Å²) >= 11 is 0. The lowest BCUT2D eigenvalue weighted by Gasteiger charge is -2.39. The Morgan fingerprint density at radius 3 is 1.28 bits per heavy atom. The van der Waals surface area contributed by atoms with Crippen molar-refractivity contribution in [1.82, 2.24) is 0 Å².